The number of nitrogens with zero attached hydrogens (tertiary/aromatic N) is 4. The van der Waals surface area contributed by atoms with Crippen LogP contribution in [0.2, 0.25) is 0 Å². The molecule has 7 unspecified atom stereocenters. The fourth-order valence-corrected chi connectivity index (χ4v) is 10.8. The van der Waals surface area contributed by atoms with Crippen LogP contribution in [0.25, 0.3) is 4.85 Å². The summed E-state index contributed by atoms with van der Waals surface area (Å²) in [5, 5.41) is 9.68. The molecule has 7 atom stereocenters. The van der Waals surface area contributed by atoms with Crippen molar-refractivity contribution in [2.75, 3.05) is 0 Å². The Balaban J connectivity index is 1.53. The number of hydrogen-bond donors (Lipinski definition) is 0. The first-order valence-electron chi connectivity index (χ1n) is 15.4. The molecule has 5 aliphatic carbocycles. The van der Waals surface area contributed by atoms with Gasteiger partial charge in [0.15, 0.2) is 11.6 Å². The second kappa shape index (κ2) is 8.62. The third-order valence-corrected chi connectivity index (χ3v) is 13.2. The highest BCUT2D eigenvalue weighted by molar-refractivity contribution is 6.03. The first-order chi connectivity index (χ1) is 19.5. The van der Waals surface area contributed by atoms with Crippen LogP contribution in [0.5, 0.6) is 0 Å². The summed E-state index contributed by atoms with van der Waals surface area (Å²) in [4.78, 5) is 50.2. The average Bonchev–Trinajstić information content (AvgIpc) is 3.40. The van der Waals surface area contributed by atoms with Crippen LogP contribution in [-0.2, 0) is 9.59 Å². The zero-order chi connectivity index (χ0) is 30.7. The van der Waals surface area contributed by atoms with Gasteiger partial charge in [-0.15, -0.1) is 0 Å². The molecule has 1 aromatic heterocycles. The van der Waals surface area contributed by atoms with Gasteiger partial charge in [0.25, 0.3) is 0 Å². The monoisotopic (exact) mass is 566 g/mol. The molecular weight excluding hydrogens is 524 g/mol. The Morgan fingerprint density at radius 3 is 2.43 bits per heavy atom. The van der Waals surface area contributed by atoms with Gasteiger partial charge in [0.05, 0.1) is 12.0 Å². The van der Waals surface area contributed by atoms with E-state index in [1.807, 2.05) is 26.0 Å². The molecule has 1 heterocycles. The van der Waals surface area contributed by atoms with E-state index in [2.05, 4.69) is 50.5 Å². The molecule has 3 fully saturated rings. The van der Waals surface area contributed by atoms with Crippen LogP contribution in [0.4, 0.5) is 0 Å². The molecule has 6 rings (SSSR count). The fraction of sp³-hybridized carbons (Fsp3) is 0.657. The van der Waals surface area contributed by atoms with Gasteiger partial charge in [-0.2, -0.15) is 5.26 Å². The van der Waals surface area contributed by atoms with Crippen LogP contribution < -0.4 is 0 Å². The van der Waals surface area contributed by atoms with Crippen molar-refractivity contribution in [1.29, 1.82) is 5.26 Å². The molecule has 0 amide bonds. The largest absolute Gasteiger partial charge is 0.307 e. The first kappa shape index (κ1) is 28.8. The second-order valence-electron chi connectivity index (χ2n) is 15.9. The highest BCUT2D eigenvalue weighted by Crippen LogP contribution is 2.74. The molecule has 7 nitrogen and oxygen atoms in total. The van der Waals surface area contributed by atoms with Crippen LogP contribution in [-0.4, -0.2) is 27.0 Å². The van der Waals surface area contributed by atoms with E-state index >= 15 is 0 Å². The molecule has 5 aliphatic rings. The Labute approximate surface area is 249 Å². The lowest BCUT2D eigenvalue weighted by Gasteiger charge is -2.69. The average molecular weight is 567 g/mol. The van der Waals surface area contributed by atoms with E-state index in [4.69, 9.17) is 6.57 Å². The molecule has 0 spiro atoms. The van der Waals surface area contributed by atoms with Crippen LogP contribution in [0.15, 0.2) is 35.8 Å². The molecule has 0 bridgehead atoms. The van der Waals surface area contributed by atoms with E-state index in [0.29, 0.717) is 12.8 Å². The molecule has 0 aliphatic heterocycles. The van der Waals surface area contributed by atoms with Crippen molar-refractivity contribution >= 4 is 17.5 Å². The van der Waals surface area contributed by atoms with E-state index in [-0.39, 0.29) is 57.6 Å². The van der Waals surface area contributed by atoms with Crippen molar-refractivity contribution in [2.45, 2.75) is 93.4 Å². The standard InChI is InChI=1S/C35H42N4O3/c1-30(2)11-13-35(29(42)39-16-15-38-26(39)20-36)14-12-34(7)27(21(35)18-30)23(40)17-25-32(5)19-22(37-8)28(41)31(3,4)24(32)9-10-33(25,34)6/h15-17,19,21,24,27H,9-14,18H2,1-7H3. The minimum absolute atomic E-state index is 0.00112. The molecule has 0 N–H and O–H groups in total. The van der Waals surface area contributed by atoms with Crippen LogP contribution in [0.3, 0.4) is 0 Å². The van der Waals surface area contributed by atoms with Gasteiger partial charge in [-0.1, -0.05) is 60.1 Å². The maximum atomic E-state index is 14.7. The number of hydrogen-bond acceptors (Lipinski definition) is 5. The lowest BCUT2D eigenvalue weighted by atomic mass is 9.34. The quantitative estimate of drug-likeness (QED) is 0.342. The van der Waals surface area contributed by atoms with Gasteiger partial charge in [-0.05, 0) is 79.1 Å². The molecule has 0 saturated heterocycles. The zero-order valence-electron chi connectivity index (χ0n) is 26.0. The highest BCUT2D eigenvalue weighted by Gasteiger charge is 2.70. The smallest absolute Gasteiger partial charge is 0.239 e. The van der Waals surface area contributed by atoms with Gasteiger partial charge < -0.3 is 4.79 Å². The third-order valence-electron chi connectivity index (χ3n) is 13.2. The molecule has 0 radical (unpaired) electrons. The van der Waals surface area contributed by atoms with E-state index in [1.165, 1.54) is 10.8 Å². The Morgan fingerprint density at radius 1 is 1.07 bits per heavy atom. The number of allylic oxidation sites excluding steroid dienone is 4. The number of carbonyl (C=O) groups is 3. The molecular formula is C35H42N4O3. The van der Waals surface area contributed by atoms with E-state index < -0.39 is 21.7 Å². The minimum Gasteiger partial charge on any atom is -0.307 e. The summed E-state index contributed by atoms with van der Waals surface area (Å²) < 4.78 is 1.42. The Bertz CT molecular complexity index is 1580. The van der Waals surface area contributed by atoms with Crippen LogP contribution >= 0.6 is 0 Å². The number of nitriles is 1. The Hall–Kier alpha value is -3.32. The van der Waals surface area contributed by atoms with Gasteiger partial charge in [0.2, 0.25) is 17.4 Å². The van der Waals surface area contributed by atoms with Crippen molar-refractivity contribution < 1.29 is 14.4 Å². The summed E-state index contributed by atoms with van der Waals surface area (Å²) >= 11 is 0. The normalized spacial score (nSPS) is 41.5. The maximum Gasteiger partial charge on any atom is 0.239 e. The summed E-state index contributed by atoms with van der Waals surface area (Å²) in [6, 6.07) is 2.07. The highest BCUT2D eigenvalue weighted by atomic mass is 16.2. The SMILES string of the molecule is [C-]#[N+]C1=CC2(C)C3=CC(=O)C4C5CC(C)(C)CCC5(C(=O)n5ccnc5C#N)CCC4(C)C3(C)CCC2C(C)(C)C1=O. The first-order valence-corrected chi connectivity index (χ1v) is 15.4. The second-order valence-corrected chi connectivity index (χ2v) is 15.9. The summed E-state index contributed by atoms with van der Waals surface area (Å²) in [5.41, 5.74) is -1.52. The van der Waals surface area contributed by atoms with Gasteiger partial charge in [0.1, 0.15) is 6.07 Å². The molecule has 3 saturated carbocycles. The number of carbonyl (C=O) groups excluding carboxylic acids is 3. The molecule has 1 aromatic rings. The Morgan fingerprint density at radius 2 is 1.76 bits per heavy atom. The van der Waals surface area contributed by atoms with Crippen LogP contribution in [0, 0.1) is 68.1 Å². The summed E-state index contributed by atoms with van der Waals surface area (Å²) in [7, 11) is 0. The molecule has 220 valence electrons. The van der Waals surface area contributed by atoms with Crippen molar-refractivity contribution in [2.24, 2.45) is 50.2 Å². The number of aromatic nitrogens is 2. The topological polar surface area (TPSA) is 97.2 Å². The summed E-state index contributed by atoms with van der Waals surface area (Å²) in [6.45, 7) is 22.9. The predicted octanol–water partition coefficient (Wildman–Crippen LogP) is 6.97. The van der Waals surface area contributed by atoms with Gasteiger partial charge in [-0.3, -0.25) is 14.2 Å². The number of ketones is 2. The van der Waals surface area contributed by atoms with Crippen molar-refractivity contribution in [3.8, 4) is 6.07 Å². The minimum atomic E-state index is -0.735. The fourth-order valence-electron chi connectivity index (χ4n) is 10.8. The lowest BCUT2D eigenvalue weighted by molar-refractivity contribution is -0.164. The number of Topliss-reactive ketones (excluding diaryl/α,β-unsaturated/α-hetero) is 1. The van der Waals surface area contributed by atoms with Crippen molar-refractivity contribution in [3.05, 3.63) is 53.1 Å². The number of fused-ring (bicyclic) bond motifs is 7. The van der Waals surface area contributed by atoms with E-state index in [0.717, 1.165) is 37.7 Å². The van der Waals surface area contributed by atoms with Gasteiger partial charge in [0, 0.05) is 29.1 Å². The van der Waals surface area contributed by atoms with E-state index in [9.17, 15) is 19.6 Å². The number of imidazole rings is 1. The summed E-state index contributed by atoms with van der Waals surface area (Å²) in [5.74, 6) is -0.521. The summed E-state index contributed by atoms with van der Waals surface area (Å²) in [6.07, 6.45) is 12.3. The Kier molecular flexibility index (Phi) is 5.91. The van der Waals surface area contributed by atoms with Crippen LogP contribution in [0.1, 0.15) is 104 Å². The maximum absolute atomic E-state index is 14.7. The predicted molar refractivity (Wildman–Crippen MR) is 157 cm³/mol. The molecule has 0 aromatic carbocycles. The van der Waals surface area contributed by atoms with Gasteiger partial charge >= 0.3 is 0 Å². The van der Waals surface area contributed by atoms with E-state index in [1.54, 1.807) is 6.20 Å². The van der Waals surface area contributed by atoms with Gasteiger partial charge in [-0.25, -0.2) is 9.83 Å². The zero-order valence-corrected chi connectivity index (χ0v) is 26.0. The van der Waals surface area contributed by atoms with Crippen molar-refractivity contribution in [1.82, 2.24) is 9.55 Å². The molecule has 7 heteroatoms. The van der Waals surface area contributed by atoms with Crippen molar-refractivity contribution in [3.63, 3.8) is 0 Å². The number of rotatable bonds is 1. The lowest BCUT2D eigenvalue weighted by Crippen LogP contribution is -2.66. The molecule has 42 heavy (non-hydrogen) atoms. The third kappa shape index (κ3) is 3.37.